The Hall–Kier alpha value is -1.68. The summed E-state index contributed by atoms with van der Waals surface area (Å²) in [6.07, 6.45) is 3.88. The third kappa shape index (κ3) is 1.74. The maximum Gasteiger partial charge on any atom is 0.336 e. The first-order valence-corrected chi connectivity index (χ1v) is 6.39. The average molecular weight is 245 g/mol. The maximum absolute atomic E-state index is 10.9. The van der Waals surface area contributed by atoms with E-state index in [0.717, 1.165) is 23.4 Å². The van der Waals surface area contributed by atoms with Crippen LogP contribution in [0.5, 0.6) is 0 Å². The molecule has 2 aromatic heterocycles. The minimum absolute atomic E-state index is 0.282. The number of aryl methyl sites for hydroxylation is 1. The van der Waals surface area contributed by atoms with E-state index in [-0.39, 0.29) is 5.92 Å². The van der Waals surface area contributed by atoms with Crippen molar-refractivity contribution in [3.05, 3.63) is 51.5 Å². The van der Waals surface area contributed by atoms with E-state index in [0.29, 0.717) is 5.56 Å². The predicted molar refractivity (Wildman–Crippen MR) is 65.7 cm³/mol. The Labute approximate surface area is 103 Å². The Bertz CT molecular complexity index is 576. The Morgan fingerprint density at radius 1 is 1.53 bits per heavy atom. The van der Waals surface area contributed by atoms with Crippen LogP contribution in [0, 0.1) is 0 Å². The lowest BCUT2D eigenvalue weighted by molar-refractivity contribution is 0.0697. The van der Waals surface area contributed by atoms with Crippen molar-refractivity contribution in [1.29, 1.82) is 0 Å². The van der Waals surface area contributed by atoms with Crippen LogP contribution >= 0.6 is 11.3 Å². The van der Waals surface area contributed by atoms with Gasteiger partial charge in [0.1, 0.15) is 0 Å². The highest BCUT2D eigenvalue weighted by Crippen LogP contribution is 2.39. The van der Waals surface area contributed by atoms with Crippen molar-refractivity contribution < 1.29 is 9.90 Å². The summed E-state index contributed by atoms with van der Waals surface area (Å²) in [5.74, 6) is -0.573. The second kappa shape index (κ2) is 3.96. The van der Waals surface area contributed by atoms with Gasteiger partial charge in [0, 0.05) is 22.4 Å². The average Bonchev–Trinajstić information content (AvgIpc) is 2.95. The van der Waals surface area contributed by atoms with E-state index >= 15 is 0 Å². The Balaban J connectivity index is 1.98. The third-order valence-electron chi connectivity index (χ3n) is 3.17. The highest BCUT2D eigenvalue weighted by molar-refractivity contribution is 7.10. The van der Waals surface area contributed by atoms with E-state index in [9.17, 15) is 4.79 Å². The van der Waals surface area contributed by atoms with Crippen LogP contribution in [0.3, 0.4) is 0 Å². The van der Waals surface area contributed by atoms with E-state index < -0.39 is 5.97 Å². The van der Waals surface area contributed by atoms with E-state index in [2.05, 4.69) is 11.1 Å². The number of fused-ring (bicyclic) bond motifs is 1. The molecule has 1 aliphatic rings. The van der Waals surface area contributed by atoms with Gasteiger partial charge in [-0.25, -0.2) is 4.79 Å². The van der Waals surface area contributed by atoms with Crippen LogP contribution < -0.4 is 0 Å². The fraction of sp³-hybridized carbons (Fsp3) is 0.231. The zero-order valence-electron chi connectivity index (χ0n) is 9.09. The summed E-state index contributed by atoms with van der Waals surface area (Å²) in [7, 11) is 0. The molecule has 2 heterocycles. The number of hydrogen-bond donors (Lipinski definition) is 1. The summed E-state index contributed by atoms with van der Waals surface area (Å²) in [5.41, 5.74) is 2.79. The first-order valence-electron chi connectivity index (χ1n) is 5.51. The Morgan fingerprint density at radius 2 is 2.41 bits per heavy atom. The maximum atomic E-state index is 10.9. The van der Waals surface area contributed by atoms with E-state index in [1.54, 1.807) is 11.4 Å². The molecule has 17 heavy (non-hydrogen) atoms. The number of carboxylic acid groups (broad SMARTS) is 1. The van der Waals surface area contributed by atoms with Crippen LogP contribution in [0.1, 0.15) is 38.8 Å². The van der Waals surface area contributed by atoms with Crippen LogP contribution in [-0.2, 0) is 6.42 Å². The first-order chi connectivity index (χ1) is 8.25. The fourth-order valence-electron chi connectivity index (χ4n) is 2.34. The number of nitrogens with zero attached hydrogens (tertiary/aromatic N) is 1. The molecule has 1 N–H and O–H groups in total. The zero-order valence-corrected chi connectivity index (χ0v) is 9.91. The van der Waals surface area contributed by atoms with Gasteiger partial charge in [-0.2, -0.15) is 0 Å². The molecule has 1 unspecified atom stereocenters. The zero-order chi connectivity index (χ0) is 11.8. The van der Waals surface area contributed by atoms with Gasteiger partial charge in [0.2, 0.25) is 0 Å². The lowest BCUT2D eigenvalue weighted by Crippen LogP contribution is -1.97. The molecule has 4 heteroatoms. The van der Waals surface area contributed by atoms with Crippen LogP contribution in [0.2, 0.25) is 0 Å². The molecule has 3 nitrogen and oxygen atoms in total. The molecule has 1 atom stereocenters. The van der Waals surface area contributed by atoms with Gasteiger partial charge in [-0.15, -0.1) is 11.3 Å². The molecule has 86 valence electrons. The van der Waals surface area contributed by atoms with Crippen LogP contribution in [0.4, 0.5) is 0 Å². The highest BCUT2D eigenvalue weighted by atomic mass is 32.1. The SMILES string of the molecule is O=C(O)c1csc(C2CCc3cccnc32)c1. The van der Waals surface area contributed by atoms with Crippen molar-refractivity contribution in [3.8, 4) is 0 Å². The monoisotopic (exact) mass is 245 g/mol. The minimum atomic E-state index is -0.855. The summed E-state index contributed by atoms with van der Waals surface area (Å²) in [6, 6.07) is 5.84. The lowest BCUT2D eigenvalue weighted by atomic mass is 10.0. The van der Waals surface area contributed by atoms with Gasteiger partial charge in [-0.1, -0.05) is 6.07 Å². The molecule has 0 aliphatic heterocycles. The van der Waals surface area contributed by atoms with Crippen LogP contribution in [0.15, 0.2) is 29.8 Å². The van der Waals surface area contributed by atoms with Gasteiger partial charge in [0.15, 0.2) is 0 Å². The fourth-order valence-corrected chi connectivity index (χ4v) is 3.36. The van der Waals surface area contributed by atoms with Crippen molar-refractivity contribution in [2.75, 3.05) is 0 Å². The largest absolute Gasteiger partial charge is 0.478 e. The smallest absolute Gasteiger partial charge is 0.336 e. The predicted octanol–water partition coefficient (Wildman–Crippen LogP) is 2.92. The van der Waals surface area contributed by atoms with Crippen LogP contribution in [0.25, 0.3) is 0 Å². The van der Waals surface area contributed by atoms with E-state index in [1.807, 2.05) is 12.3 Å². The van der Waals surface area contributed by atoms with Crippen molar-refractivity contribution >= 4 is 17.3 Å². The van der Waals surface area contributed by atoms with Gasteiger partial charge >= 0.3 is 5.97 Å². The standard InChI is InChI=1S/C13H11NO2S/c15-13(16)9-6-11(17-7-9)10-4-3-8-2-1-5-14-12(8)10/h1-2,5-7,10H,3-4H2,(H,15,16). The quantitative estimate of drug-likeness (QED) is 0.885. The number of pyridine rings is 1. The second-order valence-corrected chi connectivity index (χ2v) is 5.12. The summed E-state index contributed by atoms with van der Waals surface area (Å²) in [6.45, 7) is 0. The molecule has 0 amide bonds. The number of thiophene rings is 1. The summed E-state index contributed by atoms with van der Waals surface area (Å²) >= 11 is 1.52. The van der Waals surface area contributed by atoms with Gasteiger partial charge in [-0.3, -0.25) is 4.98 Å². The Kier molecular flexibility index (Phi) is 2.44. The number of hydrogen-bond acceptors (Lipinski definition) is 3. The topological polar surface area (TPSA) is 50.2 Å². The molecular weight excluding hydrogens is 234 g/mol. The molecule has 0 bridgehead atoms. The number of aromatic nitrogens is 1. The minimum Gasteiger partial charge on any atom is -0.478 e. The Morgan fingerprint density at radius 3 is 3.18 bits per heavy atom. The molecule has 2 aromatic rings. The number of carbonyl (C=O) groups is 1. The second-order valence-electron chi connectivity index (χ2n) is 4.18. The van der Waals surface area contributed by atoms with Gasteiger partial charge in [0.25, 0.3) is 0 Å². The summed E-state index contributed by atoms with van der Waals surface area (Å²) in [4.78, 5) is 16.4. The third-order valence-corrected chi connectivity index (χ3v) is 4.21. The lowest BCUT2D eigenvalue weighted by Gasteiger charge is -2.07. The molecule has 0 saturated heterocycles. The molecule has 0 fully saturated rings. The molecular formula is C13H11NO2S. The molecule has 0 aromatic carbocycles. The highest BCUT2D eigenvalue weighted by Gasteiger charge is 2.26. The number of carboxylic acids is 1. The molecule has 3 rings (SSSR count). The molecule has 0 saturated carbocycles. The van der Waals surface area contributed by atoms with E-state index in [4.69, 9.17) is 5.11 Å². The van der Waals surface area contributed by atoms with E-state index in [1.165, 1.54) is 16.9 Å². The molecule has 1 aliphatic carbocycles. The normalized spacial score (nSPS) is 18.0. The van der Waals surface area contributed by atoms with Crippen molar-refractivity contribution in [2.24, 2.45) is 0 Å². The van der Waals surface area contributed by atoms with Crippen molar-refractivity contribution in [3.63, 3.8) is 0 Å². The van der Waals surface area contributed by atoms with Crippen molar-refractivity contribution in [2.45, 2.75) is 18.8 Å². The summed E-state index contributed by atoms with van der Waals surface area (Å²) in [5, 5.41) is 10.6. The molecule has 0 radical (unpaired) electrons. The van der Waals surface area contributed by atoms with Crippen LogP contribution in [-0.4, -0.2) is 16.1 Å². The molecule has 0 spiro atoms. The van der Waals surface area contributed by atoms with Gasteiger partial charge < -0.3 is 5.11 Å². The van der Waals surface area contributed by atoms with Gasteiger partial charge in [-0.05, 0) is 30.5 Å². The summed E-state index contributed by atoms with van der Waals surface area (Å²) < 4.78 is 0. The van der Waals surface area contributed by atoms with Crippen molar-refractivity contribution in [1.82, 2.24) is 4.98 Å². The number of aromatic carboxylic acids is 1. The number of rotatable bonds is 2. The first kappa shape index (κ1) is 10.5. The van der Waals surface area contributed by atoms with Gasteiger partial charge in [0.05, 0.1) is 11.3 Å².